The first-order valence-electron chi connectivity index (χ1n) is 4.71. The third-order valence-corrected chi connectivity index (χ3v) is 3.30. The summed E-state index contributed by atoms with van der Waals surface area (Å²) in [6.07, 6.45) is -2.83. The van der Waals surface area contributed by atoms with Crippen molar-refractivity contribution in [3.05, 3.63) is 29.3 Å². The van der Waals surface area contributed by atoms with E-state index in [1.54, 1.807) is 6.26 Å². The van der Waals surface area contributed by atoms with Crippen LogP contribution in [0.2, 0.25) is 0 Å². The average molecular weight is 327 g/mol. The number of alkyl halides is 4. The molecular weight excluding hydrogens is 317 g/mol. The second-order valence-corrected chi connectivity index (χ2v) is 5.64. The monoisotopic (exact) mass is 326 g/mol. The van der Waals surface area contributed by atoms with Crippen molar-refractivity contribution in [2.75, 3.05) is 6.26 Å². The Morgan fingerprint density at radius 1 is 1.41 bits per heavy atom. The number of halogens is 4. The SMILES string of the molecule is CSc1ccc(C(=O)C(C)Br)c(C(F)(F)F)c1. The highest BCUT2D eigenvalue weighted by Gasteiger charge is 2.35. The number of hydrogen-bond acceptors (Lipinski definition) is 2. The largest absolute Gasteiger partial charge is 0.417 e. The molecule has 1 aromatic carbocycles. The molecule has 0 aliphatic rings. The van der Waals surface area contributed by atoms with E-state index in [4.69, 9.17) is 0 Å². The molecule has 0 amide bonds. The molecule has 0 fully saturated rings. The van der Waals surface area contributed by atoms with Gasteiger partial charge in [-0.1, -0.05) is 15.9 Å². The van der Waals surface area contributed by atoms with Crippen LogP contribution in [0.4, 0.5) is 13.2 Å². The summed E-state index contributed by atoms with van der Waals surface area (Å²) in [4.78, 5) is 11.5. The maximum atomic E-state index is 12.8. The highest BCUT2D eigenvalue weighted by Crippen LogP contribution is 2.35. The minimum absolute atomic E-state index is 0.292. The van der Waals surface area contributed by atoms with Crippen LogP contribution in [0.5, 0.6) is 0 Å². The number of thioether (sulfide) groups is 1. The third-order valence-electron chi connectivity index (χ3n) is 2.16. The Balaban J connectivity index is 3.35. The van der Waals surface area contributed by atoms with Crippen LogP contribution in [0.3, 0.4) is 0 Å². The first-order chi connectivity index (χ1) is 7.77. The standard InChI is InChI=1S/C11H10BrF3OS/c1-6(12)10(16)8-4-3-7(17-2)5-9(8)11(13,14)15/h3-6H,1-2H3. The molecule has 1 atom stereocenters. The molecule has 1 unspecified atom stereocenters. The number of carbonyl (C=O) groups excluding carboxylic acids is 1. The fraction of sp³-hybridized carbons (Fsp3) is 0.364. The lowest BCUT2D eigenvalue weighted by molar-refractivity contribution is -0.138. The molecule has 0 radical (unpaired) electrons. The Morgan fingerprint density at radius 3 is 2.41 bits per heavy atom. The van der Waals surface area contributed by atoms with Gasteiger partial charge in [0.25, 0.3) is 0 Å². The predicted octanol–water partition coefficient (Wildman–Crippen LogP) is 4.39. The number of Topliss-reactive ketones (excluding diaryl/α,β-unsaturated/α-hetero) is 1. The zero-order chi connectivity index (χ0) is 13.2. The van der Waals surface area contributed by atoms with Crippen LogP contribution in [-0.4, -0.2) is 16.9 Å². The molecule has 0 heterocycles. The van der Waals surface area contributed by atoms with Gasteiger partial charge in [0.15, 0.2) is 5.78 Å². The summed E-state index contributed by atoms with van der Waals surface area (Å²) in [5.74, 6) is -0.565. The number of ketones is 1. The first-order valence-corrected chi connectivity index (χ1v) is 6.85. The van der Waals surface area contributed by atoms with E-state index in [9.17, 15) is 18.0 Å². The molecular formula is C11H10BrF3OS. The van der Waals surface area contributed by atoms with E-state index in [0.717, 1.165) is 6.07 Å². The second kappa shape index (κ2) is 5.44. The van der Waals surface area contributed by atoms with Gasteiger partial charge in [0, 0.05) is 10.5 Å². The van der Waals surface area contributed by atoms with Gasteiger partial charge in [-0.25, -0.2) is 0 Å². The van der Waals surface area contributed by atoms with Crippen LogP contribution in [0, 0.1) is 0 Å². The van der Waals surface area contributed by atoms with Crippen LogP contribution in [0.1, 0.15) is 22.8 Å². The Kier molecular flexibility index (Phi) is 4.66. The summed E-state index contributed by atoms with van der Waals surface area (Å²) in [5.41, 5.74) is -1.17. The van der Waals surface area contributed by atoms with Gasteiger partial charge in [-0.3, -0.25) is 4.79 Å². The minimum Gasteiger partial charge on any atom is -0.293 e. The molecule has 0 aromatic heterocycles. The summed E-state index contributed by atoms with van der Waals surface area (Å²) < 4.78 is 38.4. The lowest BCUT2D eigenvalue weighted by Gasteiger charge is -2.14. The van der Waals surface area contributed by atoms with Crippen molar-refractivity contribution in [2.24, 2.45) is 0 Å². The molecule has 17 heavy (non-hydrogen) atoms. The van der Waals surface area contributed by atoms with E-state index in [0.29, 0.717) is 4.90 Å². The molecule has 0 saturated carbocycles. The van der Waals surface area contributed by atoms with Gasteiger partial charge in [-0.05, 0) is 31.4 Å². The molecule has 1 rings (SSSR count). The lowest BCUT2D eigenvalue weighted by Crippen LogP contribution is -2.17. The summed E-state index contributed by atoms with van der Waals surface area (Å²) in [5, 5.41) is 0. The Morgan fingerprint density at radius 2 is 2.00 bits per heavy atom. The van der Waals surface area contributed by atoms with Gasteiger partial charge in [0.1, 0.15) is 0 Å². The van der Waals surface area contributed by atoms with E-state index in [2.05, 4.69) is 15.9 Å². The van der Waals surface area contributed by atoms with Crippen molar-refractivity contribution < 1.29 is 18.0 Å². The van der Waals surface area contributed by atoms with Crippen molar-refractivity contribution in [3.63, 3.8) is 0 Å². The average Bonchev–Trinajstić information content (AvgIpc) is 2.26. The lowest BCUT2D eigenvalue weighted by atomic mass is 10.0. The van der Waals surface area contributed by atoms with Crippen molar-refractivity contribution in [2.45, 2.75) is 22.8 Å². The third kappa shape index (κ3) is 3.48. The van der Waals surface area contributed by atoms with Gasteiger partial charge in [-0.15, -0.1) is 11.8 Å². The summed E-state index contributed by atoms with van der Waals surface area (Å²) in [7, 11) is 0. The van der Waals surface area contributed by atoms with Crippen LogP contribution < -0.4 is 0 Å². The quantitative estimate of drug-likeness (QED) is 0.465. The smallest absolute Gasteiger partial charge is 0.293 e. The molecule has 0 N–H and O–H groups in total. The highest BCUT2D eigenvalue weighted by atomic mass is 79.9. The zero-order valence-electron chi connectivity index (χ0n) is 9.14. The molecule has 0 spiro atoms. The second-order valence-electron chi connectivity index (χ2n) is 3.39. The van der Waals surface area contributed by atoms with Gasteiger partial charge < -0.3 is 0 Å². The normalized spacial score (nSPS) is 13.5. The van der Waals surface area contributed by atoms with Gasteiger partial charge >= 0.3 is 6.18 Å². The number of carbonyl (C=O) groups is 1. The summed E-state index contributed by atoms with van der Waals surface area (Å²) in [6, 6.07) is 3.75. The van der Waals surface area contributed by atoms with Crippen LogP contribution in [0.25, 0.3) is 0 Å². The fourth-order valence-electron chi connectivity index (χ4n) is 1.31. The van der Waals surface area contributed by atoms with Crippen molar-refractivity contribution in [3.8, 4) is 0 Å². The molecule has 0 bridgehead atoms. The fourth-order valence-corrected chi connectivity index (χ4v) is 2.00. The molecule has 0 aliphatic carbocycles. The zero-order valence-corrected chi connectivity index (χ0v) is 11.5. The van der Waals surface area contributed by atoms with Crippen LogP contribution in [0.15, 0.2) is 23.1 Å². The molecule has 0 aliphatic heterocycles. The van der Waals surface area contributed by atoms with Crippen molar-refractivity contribution >= 4 is 33.5 Å². The molecule has 6 heteroatoms. The van der Waals surface area contributed by atoms with Gasteiger partial charge in [0.05, 0.1) is 10.4 Å². The van der Waals surface area contributed by atoms with Crippen molar-refractivity contribution in [1.82, 2.24) is 0 Å². The first kappa shape index (κ1) is 14.6. The van der Waals surface area contributed by atoms with E-state index in [1.807, 2.05) is 0 Å². The molecule has 0 saturated heterocycles. The predicted molar refractivity (Wildman–Crippen MR) is 65.9 cm³/mol. The maximum absolute atomic E-state index is 12.8. The summed E-state index contributed by atoms with van der Waals surface area (Å²) >= 11 is 4.20. The van der Waals surface area contributed by atoms with E-state index >= 15 is 0 Å². The molecule has 1 nitrogen and oxygen atoms in total. The van der Waals surface area contributed by atoms with E-state index in [-0.39, 0.29) is 5.56 Å². The number of benzene rings is 1. The van der Waals surface area contributed by atoms with Crippen LogP contribution >= 0.6 is 27.7 Å². The Hall–Kier alpha value is -0.490. The molecule has 94 valence electrons. The maximum Gasteiger partial charge on any atom is 0.417 e. The Labute approximate surface area is 110 Å². The number of hydrogen-bond donors (Lipinski definition) is 0. The highest BCUT2D eigenvalue weighted by molar-refractivity contribution is 9.10. The van der Waals surface area contributed by atoms with Gasteiger partial charge in [0.2, 0.25) is 0 Å². The molecule has 1 aromatic rings. The van der Waals surface area contributed by atoms with E-state index in [1.165, 1.54) is 30.8 Å². The van der Waals surface area contributed by atoms with Crippen LogP contribution in [-0.2, 0) is 6.18 Å². The summed E-state index contributed by atoms with van der Waals surface area (Å²) in [6.45, 7) is 1.50. The topological polar surface area (TPSA) is 17.1 Å². The van der Waals surface area contributed by atoms with E-state index < -0.39 is 22.4 Å². The minimum atomic E-state index is -4.52. The Bertz CT molecular complexity index is 429. The van der Waals surface area contributed by atoms with Gasteiger partial charge in [-0.2, -0.15) is 13.2 Å². The van der Waals surface area contributed by atoms with Crippen molar-refractivity contribution in [1.29, 1.82) is 0 Å². The number of rotatable bonds is 3.